The number of hydrogen-bond donors (Lipinski definition) is 1. The Morgan fingerprint density at radius 2 is 1.86 bits per heavy atom. The summed E-state index contributed by atoms with van der Waals surface area (Å²) in [6.07, 6.45) is 6.95. The molecule has 0 saturated carbocycles. The monoisotopic (exact) mass is 325 g/mol. The van der Waals surface area contributed by atoms with Gasteiger partial charge in [-0.05, 0) is 38.0 Å². The fraction of sp³-hybridized carbons (Fsp3) is 0.471. The minimum absolute atomic E-state index is 0.00364. The maximum Gasteiger partial charge on any atom is 0.224 e. The average molecular weight is 326 g/mol. The maximum absolute atomic E-state index is 11.8. The number of carbonyl (C=O) groups excluding carboxylic acids is 1. The zero-order valence-electron chi connectivity index (χ0n) is 12.3. The van der Waals surface area contributed by atoms with Crippen molar-refractivity contribution in [3.63, 3.8) is 0 Å². The van der Waals surface area contributed by atoms with E-state index in [0.29, 0.717) is 22.2 Å². The van der Waals surface area contributed by atoms with Crippen LogP contribution in [0, 0.1) is 11.8 Å². The van der Waals surface area contributed by atoms with Gasteiger partial charge in [-0.1, -0.05) is 42.5 Å². The normalized spacial score (nSPS) is 9.86. The number of nitrogens with one attached hydrogen (secondary N) is 1. The van der Waals surface area contributed by atoms with Gasteiger partial charge in [-0.15, -0.1) is 11.8 Å². The van der Waals surface area contributed by atoms with Gasteiger partial charge >= 0.3 is 0 Å². The zero-order valence-corrected chi connectivity index (χ0v) is 13.9. The Hall–Kier alpha value is -1.17. The lowest BCUT2D eigenvalue weighted by Crippen LogP contribution is -2.11. The molecule has 0 fully saturated rings. The Labute approximate surface area is 137 Å². The molecular formula is C17H21Cl2NO. The number of halogens is 2. The summed E-state index contributed by atoms with van der Waals surface area (Å²) in [6, 6.07) is 5.05. The number of anilines is 1. The molecule has 1 aromatic carbocycles. The summed E-state index contributed by atoms with van der Waals surface area (Å²) in [5.41, 5.74) is 0.615. The van der Waals surface area contributed by atoms with Gasteiger partial charge in [0.2, 0.25) is 5.91 Å². The fourth-order valence-electron chi connectivity index (χ4n) is 1.96. The summed E-state index contributed by atoms with van der Waals surface area (Å²) in [5, 5.41) is 3.83. The number of hydrogen-bond acceptors (Lipinski definition) is 1. The van der Waals surface area contributed by atoms with Gasteiger partial charge < -0.3 is 5.32 Å². The highest BCUT2D eigenvalue weighted by Crippen LogP contribution is 2.25. The van der Waals surface area contributed by atoms with Gasteiger partial charge in [-0.25, -0.2) is 0 Å². The molecule has 0 heterocycles. The number of carbonyl (C=O) groups is 1. The standard InChI is InChI=1S/C17H21Cl2NO/c1-2-3-4-5-6-7-8-9-10-17(21)20-16-12-11-14(18)13-15(16)19/h11-13H,4-10H2,1H3,(H,20,21). The van der Waals surface area contributed by atoms with Crippen molar-refractivity contribution in [3.8, 4) is 11.8 Å². The van der Waals surface area contributed by atoms with E-state index in [1.807, 2.05) is 6.92 Å². The number of rotatable bonds is 8. The Bertz CT molecular complexity index is 517. The third-order valence-corrected chi connectivity index (χ3v) is 3.64. The van der Waals surface area contributed by atoms with Crippen LogP contribution < -0.4 is 5.32 Å². The van der Waals surface area contributed by atoms with Gasteiger partial charge in [0.15, 0.2) is 0 Å². The highest BCUT2D eigenvalue weighted by Gasteiger charge is 2.06. The minimum atomic E-state index is -0.00364. The molecule has 0 aliphatic rings. The molecule has 21 heavy (non-hydrogen) atoms. The van der Waals surface area contributed by atoms with E-state index in [9.17, 15) is 4.79 Å². The molecule has 0 bridgehead atoms. The molecule has 0 aliphatic carbocycles. The second kappa shape index (κ2) is 10.5. The molecule has 4 heteroatoms. The molecule has 0 unspecified atom stereocenters. The topological polar surface area (TPSA) is 29.1 Å². The van der Waals surface area contributed by atoms with Crippen LogP contribution in [-0.4, -0.2) is 5.91 Å². The van der Waals surface area contributed by atoms with Crippen LogP contribution in [0.2, 0.25) is 10.0 Å². The van der Waals surface area contributed by atoms with E-state index in [-0.39, 0.29) is 5.91 Å². The molecule has 114 valence electrons. The van der Waals surface area contributed by atoms with Gasteiger partial charge in [-0.3, -0.25) is 4.79 Å². The van der Waals surface area contributed by atoms with Gasteiger partial charge in [0.25, 0.3) is 0 Å². The van der Waals surface area contributed by atoms with E-state index in [1.165, 1.54) is 6.42 Å². The summed E-state index contributed by atoms with van der Waals surface area (Å²) < 4.78 is 0. The zero-order chi connectivity index (χ0) is 15.5. The quantitative estimate of drug-likeness (QED) is 0.483. The first-order chi connectivity index (χ1) is 10.1. The second-order valence-corrected chi connectivity index (χ2v) is 5.71. The summed E-state index contributed by atoms with van der Waals surface area (Å²) in [7, 11) is 0. The third-order valence-electron chi connectivity index (χ3n) is 3.09. The van der Waals surface area contributed by atoms with Gasteiger partial charge in [0.05, 0.1) is 10.7 Å². The molecule has 0 aromatic heterocycles. The highest BCUT2D eigenvalue weighted by atomic mass is 35.5. The van der Waals surface area contributed by atoms with Crippen molar-refractivity contribution in [2.45, 2.75) is 51.9 Å². The summed E-state index contributed by atoms with van der Waals surface area (Å²) in [6.45, 7) is 1.87. The molecule has 2 nitrogen and oxygen atoms in total. The van der Waals surface area contributed by atoms with Gasteiger partial charge in [0, 0.05) is 17.9 Å². The lowest BCUT2D eigenvalue weighted by Gasteiger charge is -2.07. The maximum atomic E-state index is 11.8. The van der Waals surface area contributed by atoms with Gasteiger partial charge in [0.1, 0.15) is 0 Å². The van der Waals surface area contributed by atoms with Crippen LogP contribution in [0.3, 0.4) is 0 Å². The highest BCUT2D eigenvalue weighted by molar-refractivity contribution is 6.36. The molecule has 0 aliphatic heterocycles. The lowest BCUT2D eigenvalue weighted by molar-refractivity contribution is -0.116. The molecule has 1 aromatic rings. The van der Waals surface area contributed by atoms with Crippen molar-refractivity contribution in [2.75, 3.05) is 5.32 Å². The van der Waals surface area contributed by atoms with Crippen LogP contribution in [0.1, 0.15) is 51.9 Å². The van der Waals surface area contributed by atoms with Crippen LogP contribution >= 0.6 is 23.2 Å². The molecule has 1 N–H and O–H groups in total. The molecule has 0 radical (unpaired) electrons. The smallest absolute Gasteiger partial charge is 0.224 e. The Balaban J connectivity index is 2.15. The summed E-state index contributed by atoms with van der Waals surface area (Å²) >= 11 is 11.8. The largest absolute Gasteiger partial charge is 0.325 e. The Kier molecular flexibility index (Phi) is 8.98. The fourth-order valence-corrected chi connectivity index (χ4v) is 2.41. The van der Waals surface area contributed by atoms with Crippen molar-refractivity contribution in [1.82, 2.24) is 0 Å². The molecule has 1 amide bonds. The first-order valence-corrected chi connectivity index (χ1v) is 8.03. The van der Waals surface area contributed by atoms with E-state index in [2.05, 4.69) is 17.2 Å². The Morgan fingerprint density at radius 3 is 2.57 bits per heavy atom. The first kappa shape index (κ1) is 17.9. The van der Waals surface area contributed by atoms with Crippen molar-refractivity contribution >= 4 is 34.8 Å². The predicted molar refractivity (Wildman–Crippen MR) is 90.9 cm³/mol. The number of benzene rings is 1. The van der Waals surface area contributed by atoms with E-state index in [0.717, 1.165) is 32.1 Å². The molecule has 0 atom stereocenters. The molecular weight excluding hydrogens is 305 g/mol. The number of unbranched alkanes of at least 4 members (excludes halogenated alkanes) is 5. The SMILES string of the molecule is CC#CCCCCCCCC(=O)Nc1ccc(Cl)cc1Cl. The Morgan fingerprint density at radius 1 is 1.14 bits per heavy atom. The first-order valence-electron chi connectivity index (χ1n) is 7.28. The summed E-state index contributed by atoms with van der Waals surface area (Å²) in [5.74, 6) is 5.95. The van der Waals surface area contributed by atoms with Crippen molar-refractivity contribution < 1.29 is 4.79 Å². The molecule has 0 spiro atoms. The van der Waals surface area contributed by atoms with Crippen molar-refractivity contribution in [2.24, 2.45) is 0 Å². The van der Waals surface area contributed by atoms with Crippen LogP contribution in [-0.2, 0) is 4.79 Å². The minimum Gasteiger partial charge on any atom is -0.325 e. The van der Waals surface area contributed by atoms with Crippen LogP contribution in [0.15, 0.2) is 18.2 Å². The van der Waals surface area contributed by atoms with Gasteiger partial charge in [-0.2, -0.15) is 0 Å². The van der Waals surface area contributed by atoms with Crippen LogP contribution in [0.4, 0.5) is 5.69 Å². The molecule has 1 rings (SSSR count). The number of amides is 1. The van der Waals surface area contributed by atoms with Crippen LogP contribution in [0.25, 0.3) is 0 Å². The molecule has 0 saturated heterocycles. The lowest BCUT2D eigenvalue weighted by atomic mass is 10.1. The predicted octanol–water partition coefficient (Wildman–Crippen LogP) is 5.69. The van der Waals surface area contributed by atoms with Crippen molar-refractivity contribution in [3.05, 3.63) is 28.2 Å². The van der Waals surface area contributed by atoms with E-state index in [1.54, 1.807) is 18.2 Å². The third kappa shape index (κ3) is 7.99. The summed E-state index contributed by atoms with van der Waals surface area (Å²) in [4.78, 5) is 11.8. The van der Waals surface area contributed by atoms with E-state index < -0.39 is 0 Å². The van der Waals surface area contributed by atoms with E-state index in [4.69, 9.17) is 23.2 Å². The van der Waals surface area contributed by atoms with Crippen LogP contribution in [0.5, 0.6) is 0 Å². The van der Waals surface area contributed by atoms with Crippen molar-refractivity contribution in [1.29, 1.82) is 0 Å². The average Bonchev–Trinajstić information content (AvgIpc) is 2.45. The second-order valence-electron chi connectivity index (χ2n) is 4.87. The van der Waals surface area contributed by atoms with E-state index >= 15 is 0 Å².